The molecular formula is C5H7NO3S2. The van der Waals surface area contributed by atoms with Crippen molar-refractivity contribution in [1.82, 2.24) is 4.98 Å². The van der Waals surface area contributed by atoms with Crippen molar-refractivity contribution in [3.63, 3.8) is 0 Å². The van der Waals surface area contributed by atoms with Crippen LogP contribution < -0.4 is 4.18 Å². The van der Waals surface area contributed by atoms with Gasteiger partial charge in [0.1, 0.15) is 0 Å². The van der Waals surface area contributed by atoms with Gasteiger partial charge in [0.25, 0.3) is 0 Å². The van der Waals surface area contributed by atoms with Gasteiger partial charge in [0, 0.05) is 0 Å². The van der Waals surface area contributed by atoms with Gasteiger partial charge in [0.15, 0.2) is 0 Å². The van der Waals surface area contributed by atoms with Gasteiger partial charge in [-0.05, 0) is 6.92 Å². The van der Waals surface area contributed by atoms with Gasteiger partial charge in [-0.1, -0.05) is 0 Å². The first-order valence-corrected chi connectivity index (χ1v) is 5.46. The Kier molecular flexibility index (Phi) is 2.45. The Bertz CT molecular complexity index is 302. The summed E-state index contributed by atoms with van der Waals surface area (Å²) >= 11 is 1.29. The third-order valence-electron chi connectivity index (χ3n) is 0.976. The van der Waals surface area contributed by atoms with Gasteiger partial charge in [-0.25, -0.2) is 4.98 Å². The Morgan fingerprint density at radius 1 is 1.73 bits per heavy atom. The van der Waals surface area contributed by atoms with Crippen LogP contribution in [0.1, 0.15) is 6.92 Å². The normalized spacial score (nSPS) is 11.4. The van der Waals surface area contributed by atoms with Crippen LogP contribution in [-0.4, -0.2) is 19.2 Å². The predicted molar refractivity (Wildman–Crippen MR) is 42.2 cm³/mol. The molecule has 0 radical (unpaired) electrons. The molecule has 1 rings (SSSR count). The van der Waals surface area contributed by atoms with E-state index in [1.54, 1.807) is 0 Å². The SMILES string of the molecule is CCS(=O)(=O)Oc1cscn1. The summed E-state index contributed by atoms with van der Waals surface area (Å²) in [6, 6.07) is 0. The molecule has 1 aromatic heterocycles. The molecule has 4 nitrogen and oxygen atoms in total. The van der Waals surface area contributed by atoms with E-state index in [0.717, 1.165) is 0 Å². The Hall–Kier alpha value is -0.620. The van der Waals surface area contributed by atoms with E-state index in [4.69, 9.17) is 0 Å². The van der Waals surface area contributed by atoms with Crippen LogP contribution in [0.15, 0.2) is 10.9 Å². The zero-order valence-electron chi connectivity index (χ0n) is 5.85. The lowest BCUT2D eigenvalue weighted by atomic mass is 10.9. The third kappa shape index (κ3) is 2.47. The fourth-order valence-electron chi connectivity index (χ4n) is 0.432. The predicted octanol–water partition coefficient (Wildman–Crippen LogP) is 0.872. The fourth-order valence-corrected chi connectivity index (χ4v) is 1.41. The molecule has 0 N–H and O–H groups in total. The van der Waals surface area contributed by atoms with Crippen molar-refractivity contribution in [2.45, 2.75) is 6.92 Å². The minimum absolute atomic E-state index is 0.0372. The first-order valence-electron chi connectivity index (χ1n) is 2.94. The highest BCUT2D eigenvalue weighted by Crippen LogP contribution is 2.11. The quantitative estimate of drug-likeness (QED) is 0.668. The number of hydrogen-bond acceptors (Lipinski definition) is 5. The molecule has 0 spiro atoms. The van der Waals surface area contributed by atoms with Crippen molar-refractivity contribution in [3.05, 3.63) is 10.9 Å². The summed E-state index contributed by atoms with van der Waals surface area (Å²) in [5.74, 6) is 0.113. The highest BCUT2D eigenvalue weighted by Gasteiger charge is 2.09. The van der Waals surface area contributed by atoms with Crippen LogP contribution in [-0.2, 0) is 10.1 Å². The molecule has 0 fully saturated rings. The van der Waals surface area contributed by atoms with Crippen LogP contribution in [0.25, 0.3) is 0 Å². The first-order chi connectivity index (χ1) is 5.14. The van der Waals surface area contributed by atoms with E-state index in [0.29, 0.717) is 0 Å². The lowest BCUT2D eigenvalue weighted by Gasteiger charge is -1.98. The van der Waals surface area contributed by atoms with Crippen LogP contribution in [0, 0.1) is 0 Å². The molecule has 0 saturated heterocycles. The number of hydrogen-bond donors (Lipinski definition) is 0. The van der Waals surface area contributed by atoms with Crippen LogP contribution >= 0.6 is 11.3 Å². The fraction of sp³-hybridized carbons (Fsp3) is 0.400. The lowest BCUT2D eigenvalue weighted by molar-refractivity contribution is 0.479. The summed E-state index contributed by atoms with van der Waals surface area (Å²) in [5, 5.41) is 1.53. The molecule has 0 aliphatic carbocycles. The van der Waals surface area contributed by atoms with E-state index in [1.165, 1.54) is 29.2 Å². The highest BCUT2D eigenvalue weighted by atomic mass is 32.2. The number of aromatic nitrogens is 1. The lowest BCUT2D eigenvalue weighted by Crippen LogP contribution is -2.11. The Morgan fingerprint density at radius 3 is 2.91 bits per heavy atom. The second-order valence-electron chi connectivity index (χ2n) is 1.76. The molecule has 62 valence electrons. The van der Waals surface area contributed by atoms with Gasteiger partial charge in [0.05, 0.1) is 16.6 Å². The van der Waals surface area contributed by atoms with E-state index in [-0.39, 0.29) is 11.6 Å². The van der Waals surface area contributed by atoms with Crippen molar-refractivity contribution in [3.8, 4) is 5.88 Å². The molecule has 0 aliphatic heterocycles. The minimum Gasteiger partial charge on any atom is -0.361 e. The zero-order valence-corrected chi connectivity index (χ0v) is 7.48. The van der Waals surface area contributed by atoms with E-state index in [2.05, 4.69) is 9.17 Å². The van der Waals surface area contributed by atoms with Gasteiger partial charge in [0.2, 0.25) is 5.88 Å². The third-order valence-corrected chi connectivity index (χ3v) is 2.67. The van der Waals surface area contributed by atoms with Crippen LogP contribution in [0.2, 0.25) is 0 Å². The first kappa shape index (κ1) is 8.48. The standard InChI is InChI=1S/C5H7NO3S2/c1-2-11(7,8)9-5-3-10-4-6-5/h3-4H,2H2,1H3. The molecule has 0 aromatic carbocycles. The molecule has 11 heavy (non-hydrogen) atoms. The highest BCUT2D eigenvalue weighted by molar-refractivity contribution is 7.87. The Morgan fingerprint density at radius 2 is 2.45 bits per heavy atom. The van der Waals surface area contributed by atoms with Crippen molar-refractivity contribution in [2.75, 3.05) is 5.75 Å². The number of rotatable bonds is 3. The van der Waals surface area contributed by atoms with Gasteiger partial charge in [-0.2, -0.15) is 8.42 Å². The van der Waals surface area contributed by atoms with Crippen molar-refractivity contribution in [1.29, 1.82) is 0 Å². The molecule has 0 aliphatic rings. The monoisotopic (exact) mass is 193 g/mol. The van der Waals surface area contributed by atoms with Crippen LogP contribution in [0.5, 0.6) is 5.88 Å². The van der Waals surface area contributed by atoms with Gasteiger partial charge in [-0.3, -0.25) is 0 Å². The van der Waals surface area contributed by atoms with E-state index < -0.39 is 10.1 Å². The Labute approximate surface area is 69.0 Å². The minimum atomic E-state index is -3.40. The summed E-state index contributed by atoms with van der Waals surface area (Å²) in [4.78, 5) is 3.67. The van der Waals surface area contributed by atoms with E-state index >= 15 is 0 Å². The van der Waals surface area contributed by atoms with Gasteiger partial charge < -0.3 is 4.18 Å². The number of nitrogens with zero attached hydrogens (tertiary/aromatic N) is 1. The van der Waals surface area contributed by atoms with E-state index in [9.17, 15) is 8.42 Å². The summed E-state index contributed by atoms with van der Waals surface area (Å²) in [6.07, 6.45) is 0. The molecule has 1 heterocycles. The molecule has 0 atom stereocenters. The van der Waals surface area contributed by atoms with Crippen molar-refractivity contribution >= 4 is 21.5 Å². The summed E-state index contributed by atoms with van der Waals surface area (Å²) < 4.78 is 26.2. The summed E-state index contributed by atoms with van der Waals surface area (Å²) in [6.45, 7) is 1.52. The molecule has 0 amide bonds. The molecular weight excluding hydrogens is 186 g/mol. The number of thiazole rings is 1. The van der Waals surface area contributed by atoms with E-state index in [1.807, 2.05) is 0 Å². The average Bonchev–Trinajstić information content (AvgIpc) is 2.39. The largest absolute Gasteiger partial charge is 0.361 e. The second kappa shape index (κ2) is 3.19. The van der Waals surface area contributed by atoms with Crippen molar-refractivity contribution < 1.29 is 12.6 Å². The maximum Gasteiger partial charge on any atom is 0.310 e. The molecule has 6 heteroatoms. The zero-order chi connectivity index (χ0) is 8.32. The van der Waals surface area contributed by atoms with Gasteiger partial charge >= 0.3 is 10.1 Å². The summed E-state index contributed by atoms with van der Waals surface area (Å²) in [7, 11) is -3.40. The maximum absolute atomic E-state index is 10.8. The second-order valence-corrected chi connectivity index (χ2v) is 4.33. The van der Waals surface area contributed by atoms with Gasteiger partial charge in [-0.15, -0.1) is 11.3 Å². The molecule has 0 bridgehead atoms. The average molecular weight is 193 g/mol. The molecule has 0 saturated carbocycles. The topological polar surface area (TPSA) is 56.3 Å². The molecule has 1 aromatic rings. The molecule has 0 unspecified atom stereocenters. The smallest absolute Gasteiger partial charge is 0.310 e. The maximum atomic E-state index is 10.8. The van der Waals surface area contributed by atoms with Crippen molar-refractivity contribution in [2.24, 2.45) is 0 Å². The van der Waals surface area contributed by atoms with Crippen LogP contribution in [0.4, 0.5) is 0 Å². The summed E-state index contributed by atoms with van der Waals surface area (Å²) in [5.41, 5.74) is 1.51. The van der Waals surface area contributed by atoms with Crippen LogP contribution in [0.3, 0.4) is 0 Å². The Balaban J connectivity index is 2.72.